The number of carbonyl (C=O) groups is 1. The van der Waals surface area contributed by atoms with Crippen LogP contribution in [0.4, 0.5) is 5.69 Å². The van der Waals surface area contributed by atoms with Crippen molar-refractivity contribution in [2.75, 3.05) is 44.1 Å². The summed E-state index contributed by atoms with van der Waals surface area (Å²) in [5, 5.41) is 0.381. The molecule has 1 heterocycles. The maximum Gasteiger partial charge on any atom is 0.264 e. The first-order chi connectivity index (χ1) is 19.9. The molecule has 4 aromatic rings. The molecule has 0 atom stereocenters. The van der Waals surface area contributed by atoms with Gasteiger partial charge in [0.2, 0.25) is 5.91 Å². The van der Waals surface area contributed by atoms with Gasteiger partial charge in [-0.2, -0.15) is 0 Å². The van der Waals surface area contributed by atoms with Gasteiger partial charge in [0, 0.05) is 31.2 Å². The number of rotatable bonds is 9. The first-order valence-corrected chi connectivity index (χ1v) is 15.2. The molecule has 4 aromatic carbocycles. The molecular formula is C32H32ClN3O4S. The van der Waals surface area contributed by atoms with Crippen molar-refractivity contribution in [2.24, 2.45) is 0 Å². The number of sulfonamides is 1. The molecule has 1 fully saturated rings. The van der Waals surface area contributed by atoms with Crippen molar-refractivity contribution in [1.29, 1.82) is 0 Å². The van der Waals surface area contributed by atoms with Gasteiger partial charge in [-0.05, 0) is 53.6 Å². The van der Waals surface area contributed by atoms with E-state index in [-0.39, 0.29) is 23.4 Å². The third-order valence-electron chi connectivity index (χ3n) is 7.29. The zero-order valence-electron chi connectivity index (χ0n) is 22.8. The molecule has 0 radical (unpaired) electrons. The zero-order valence-corrected chi connectivity index (χ0v) is 24.3. The fourth-order valence-corrected chi connectivity index (χ4v) is 6.75. The molecule has 41 heavy (non-hydrogen) atoms. The van der Waals surface area contributed by atoms with E-state index in [1.165, 1.54) is 30.4 Å². The van der Waals surface area contributed by atoms with Gasteiger partial charge in [0.15, 0.2) is 0 Å². The smallest absolute Gasteiger partial charge is 0.264 e. The van der Waals surface area contributed by atoms with Gasteiger partial charge in [0.05, 0.1) is 23.7 Å². The Morgan fingerprint density at radius 1 is 0.829 bits per heavy atom. The van der Waals surface area contributed by atoms with Crippen molar-refractivity contribution in [1.82, 2.24) is 9.80 Å². The number of nitrogens with zero attached hydrogens (tertiary/aromatic N) is 3. The highest BCUT2D eigenvalue weighted by atomic mass is 35.5. The van der Waals surface area contributed by atoms with Crippen LogP contribution in [0.3, 0.4) is 0 Å². The van der Waals surface area contributed by atoms with Crippen molar-refractivity contribution in [2.45, 2.75) is 10.9 Å². The third-order valence-corrected chi connectivity index (χ3v) is 9.31. The van der Waals surface area contributed by atoms with Crippen molar-refractivity contribution in [3.05, 3.63) is 125 Å². The molecule has 9 heteroatoms. The molecule has 212 valence electrons. The minimum Gasteiger partial charge on any atom is -0.497 e. The Morgan fingerprint density at radius 2 is 1.41 bits per heavy atom. The number of halogens is 1. The second-order valence-electron chi connectivity index (χ2n) is 9.81. The van der Waals surface area contributed by atoms with Crippen LogP contribution in [0.15, 0.2) is 114 Å². The van der Waals surface area contributed by atoms with E-state index in [0.29, 0.717) is 42.6 Å². The predicted molar refractivity (Wildman–Crippen MR) is 162 cm³/mol. The molecule has 0 aliphatic carbocycles. The summed E-state index contributed by atoms with van der Waals surface area (Å²) in [6.07, 6.45) is 0. The molecule has 5 rings (SSSR count). The molecule has 7 nitrogen and oxygen atoms in total. The van der Waals surface area contributed by atoms with Gasteiger partial charge in [-0.3, -0.25) is 14.0 Å². The van der Waals surface area contributed by atoms with Crippen LogP contribution in [0.25, 0.3) is 0 Å². The fraction of sp³-hybridized carbons (Fsp3) is 0.219. The van der Waals surface area contributed by atoms with Gasteiger partial charge in [0.25, 0.3) is 10.0 Å². The van der Waals surface area contributed by atoms with E-state index in [2.05, 4.69) is 29.2 Å². The van der Waals surface area contributed by atoms with Crippen LogP contribution < -0.4 is 9.04 Å². The second-order valence-corrected chi connectivity index (χ2v) is 12.1. The van der Waals surface area contributed by atoms with Crippen molar-refractivity contribution < 1.29 is 17.9 Å². The van der Waals surface area contributed by atoms with E-state index in [1.807, 2.05) is 36.4 Å². The summed E-state index contributed by atoms with van der Waals surface area (Å²) in [7, 11) is -2.55. The van der Waals surface area contributed by atoms with Crippen molar-refractivity contribution >= 4 is 33.2 Å². The first kappa shape index (κ1) is 28.7. The lowest BCUT2D eigenvalue weighted by molar-refractivity contribution is -0.131. The summed E-state index contributed by atoms with van der Waals surface area (Å²) in [4.78, 5) is 17.8. The Bertz CT molecular complexity index is 1520. The molecule has 1 aliphatic rings. The van der Waals surface area contributed by atoms with Crippen molar-refractivity contribution in [3.8, 4) is 5.75 Å². The van der Waals surface area contributed by atoms with Gasteiger partial charge in [-0.1, -0.05) is 78.3 Å². The number of amides is 1. The number of benzene rings is 4. The average Bonchev–Trinajstić information content (AvgIpc) is 3.01. The van der Waals surface area contributed by atoms with Crippen LogP contribution in [0.2, 0.25) is 5.02 Å². The Hall–Kier alpha value is -3.85. The number of piperazine rings is 1. The number of ether oxygens (including phenoxy) is 1. The minimum absolute atomic E-state index is 0.0597. The number of hydrogen-bond acceptors (Lipinski definition) is 5. The summed E-state index contributed by atoms with van der Waals surface area (Å²) >= 11 is 6.22. The number of methoxy groups -OCH3 is 1. The van der Waals surface area contributed by atoms with Crippen molar-refractivity contribution in [3.63, 3.8) is 0 Å². The molecule has 0 spiro atoms. The molecular weight excluding hydrogens is 558 g/mol. The third kappa shape index (κ3) is 6.56. The lowest BCUT2D eigenvalue weighted by Gasteiger charge is -2.40. The second kappa shape index (κ2) is 12.8. The maximum atomic E-state index is 13.8. The SMILES string of the molecule is COc1ccc(S(=O)(=O)N(CC(=O)N2CCN(C(c3ccccc3)c3ccccc3)CC2)c2cccc(Cl)c2)cc1. The predicted octanol–water partition coefficient (Wildman–Crippen LogP) is 5.48. The Labute approximate surface area is 246 Å². The van der Waals surface area contributed by atoms with Gasteiger partial charge in [0.1, 0.15) is 12.3 Å². The molecule has 1 saturated heterocycles. The average molecular weight is 590 g/mol. The highest BCUT2D eigenvalue weighted by Gasteiger charge is 2.32. The van der Waals surface area contributed by atoms with Gasteiger partial charge in [-0.25, -0.2) is 8.42 Å². The molecule has 0 unspecified atom stereocenters. The van der Waals surface area contributed by atoms with Gasteiger partial charge < -0.3 is 9.64 Å². The molecule has 0 aromatic heterocycles. The molecule has 0 N–H and O–H groups in total. The monoisotopic (exact) mass is 589 g/mol. The van der Waals surface area contributed by atoms with Gasteiger partial charge in [-0.15, -0.1) is 0 Å². The van der Waals surface area contributed by atoms with E-state index in [9.17, 15) is 13.2 Å². The zero-order chi connectivity index (χ0) is 28.8. The highest BCUT2D eigenvalue weighted by Crippen LogP contribution is 2.30. The largest absolute Gasteiger partial charge is 0.497 e. The van der Waals surface area contributed by atoms with Crippen LogP contribution in [-0.4, -0.2) is 64.0 Å². The summed E-state index contributed by atoms with van der Waals surface area (Å²) in [6, 6.07) is 33.4. The normalized spacial score (nSPS) is 14.2. The summed E-state index contributed by atoms with van der Waals surface area (Å²) in [6.45, 7) is 1.95. The minimum atomic E-state index is -4.06. The Balaban J connectivity index is 1.35. The summed E-state index contributed by atoms with van der Waals surface area (Å²) in [5.74, 6) is 0.272. The number of anilines is 1. The highest BCUT2D eigenvalue weighted by molar-refractivity contribution is 7.92. The molecule has 1 amide bonds. The van der Waals surface area contributed by atoms with Crippen LogP contribution in [0.5, 0.6) is 5.75 Å². The lowest BCUT2D eigenvalue weighted by Crippen LogP contribution is -2.52. The standard InChI is InChI=1S/C32H32ClN3O4S/c1-40-29-15-17-30(18-16-29)41(38,39)36(28-14-8-13-27(33)23-28)24-31(37)34-19-21-35(22-20-34)32(25-9-4-2-5-10-25)26-11-6-3-7-12-26/h2-18,23,32H,19-22,24H2,1H3. The van der Waals surface area contributed by atoms with E-state index >= 15 is 0 Å². The topological polar surface area (TPSA) is 70.2 Å². The number of hydrogen-bond donors (Lipinski definition) is 0. The quantitative estimate of drug-likeness (QED) is 0.259. The maximum absolute atomic E-state index is 13.8. The van der Waals surface area contributed by atoms with E-state index in [4.69, 9.17) is 16.3 Å². The lowest BCUT2D eigenvalue weighted by atomic mass is 9.96. The van der Waals surface area contributed by atoms with Crippen LogP contribution in [-0.2, 0) is 14.8 Å². The van der Waals surface area contributed by atoms with Crippen LogP contribution in [0.1, 0.15) is 17.2 Å². The molecule has 0 saturated carbocycles. The van der Waals surface area contributed by atoms with Crippen LogP contribution in [0, 0.1) is 0 Å². The van der Waals surface area contributed by atoms with Crippen LogP contribution >= 0.6 is 11.6 Å². The fourth-order valence-electron chi connectivity index (χ4n) is 5.16. The Morgan fingerprint density at radius 3 is 1.95 bits per heavy atom. The van der Waals surface area contributed by atoms with E-state index in [1.54, 1.807) is 41.3 Å². The van der Waals surface area contributed by atoms with Gasteiger partial charge >= 0.3 is 0 Å². The molecule has 0 bridgehead atoms. The molecule has 1 aliphatic heterocycles. The number of carbonyl (C=O) groups excluding carboxylic acids is 1. The van der Waals surface area contributed by atoms with E-state index in [0.717, 1.165) is 4.31 Å². The summed E-state index contributed by atoms with van der Waals surface area (Å²) < 4.78 is 33.9. The Kier molecular flexibility index (Phi) is 8.93. The summed E-state index contributed by atoms with van der Waals surface area (Å²) in [5.41, 5.74) is 2.71. The van der Waals surface area contributed by atoms with E-state index < -0.39 is 10.0 Å². The first-order valence-electron chi connectivity index (χ1n) is 13.4.